The Balaban J connectivity index is 1.96. The molecule has 1 aliphatic rings. The molecule has 5 nitrogen and oxygen atoms in total. The predicted molar refractivity (Wildman–Crippen MR) is 82.7 cm³/mol. The highest BCUT2D eigenvalue weighted by atomic mass is 16.7. The zero-order chi connectivity index (χ0) is 15.5. The Morgan fingerprint density at radius 1 is 1.18 bits per heavy atom. The Morgan fingerprint density at radius 3 is 2.68 bits per heavy atom. The molecule has 1 aliphatic heterocycles. The number of hydrogen-bond acceptors (Lipinski definition) is 4. The molecule has 0 spiro atoms. The molecular weight excluding hydrogens is 282 g/mol. The Labute approximate surface area is 128 Å². The summed E-state index contributed by atoms with van der Waals surface area (Å²) in [6, 6.07) is 5.29. The molecule has 1 aromatic heterocycles. The number of carboxylic acid groups (broad SMARTS) is 1. The minimum absolute atomic E-state index is 0.196. The summed E-state index contributed by atoms with van der Waals surface area (Å²) in [5, 5.41) is 10.2. The molecule has 0 aliphatic carbocycles. The van der Waals surface area contributed by atoms with Crippen LogP contribution in [0.5, 0.6) is 11.5 Å². The topological polar surface area (TPSA) is 68.7 Å². The SMILES string of the molecule is CCCCCCc1nc2cc3c(cc2cc1C(=O)O)OCO3. The smallest absolute Gasteiger partial charge is 0.337 e. The maximum absolute atomic E-state index is 11.5. The maximum atomic E-state index is 11.5. The van der Waals surface area contributed by atoms with Gasteiger partial charge in [0.1, 0.15) is 0 Å². The Hall–Kier alpha value is -2.30. The summed E-state index contributed by atoms with van der Waals surface area (Å²) in [6.45, 7) is 2.35. The number of aryl methyl sites for hydroxylation is 1. The van der Waals surface area contributed by atoms with Crippen LogP contribution in [0, 0.1) is 0 Å². The van der Waals surface area contributed by atoms with E-state index in [2.05, 4.69) is 11.9 Å². The fraction of sp³-hybridized carbons (Fsp3) is 0.412. The van der Waals surface area contributed by atoms with E-state index >= 15 is 0 Å². The maximum Gasteiger partial charge on any atom is 0.337 e. The number of aromatic carboxylic acids is 1. The first-order valence-corrected chi connectivity index (χ1v) is 7.65. The molecule has 1 aromatic carbocycles. The second-order valence-corrected chi connectivity index (χ2v) is 5.50. The average molecular weight is 301 g/mol. The second kappa shape index (κ2) is 6.22. The van der Waals surface area contributed by atoms with Gasteiger partial charge in [-0.2, -0.15) is 0 Å². The van der Waals surface area contributed by atoms with E-state index < -0.39 is 5.97 Å². The predicted octanol–water partition coefficient (Wildman–Crippen LogP) is 3.78. The summed E-state index contributed by atoms with van der Waals surface area (Å²) in [4.78, 5) is 16.0. The molecule has 0 fully saturated rings. The van der Waals surface area contributed by atoms with E-state index in [1.54, 1.807) is 12.1 Å². The van der Waals surface area contributed by atoms with Gasteiger partial charge in [-0.3, -0.25) is 4.98 Å². The molecule has 0 radical (unpaired) electrons. The van der Waals surface area contributed by atoms with Crippen molar-refractivity contribution in [1.82, 2.24) is 4.98 Å². The third-order valence-electron chi connectivity index (χ3n) is 3.89. The van der Waals surface area contributed by atoms with Crippen LogP contribution in [0.1, 0.15) is 48.7 Å². The number of carbonyl (C=O) groups is 1. The molecule has 0 atom stereocenters. The number of carboxylic acids is 1. The molecule has 5 heteroatoms. The number of benzene rings is 1. The van der Waals surface area contributed by atoms with Gasteiger partial charge in [0.25, 0.3) is 0 Å². The molecular formula is C17H19NO4. The molecule has 2 aromatic rings. The van der Waals surface area contributed by atoms with E-state index in [1.165, 1.54) is 0 Å². The quantitative estimate of drug-likeness (QED) is 0.822. The van der Waals surface area contributed by atoms with Crippen LogP contribution in [-0.4, -0.2) is 22.9 Å². The molecule has 0 amide bonds. The first kappa shape index (κ1) is 14.6. The van der Waals surface area contributed by atoms with Gasteiger partial charge in [0.05, 0.1) is 16.8 Å². The van der Waals surface area contributed by atoms with Crippen LogP contribution in [0.15, 0.2) is 18.2 Å². The van der Waals surface area contributed by atoms with Crippen LogP contribution in [0.2, 0.25) is 0 Å². The van der Waals surface area contributed by atoms with Gasteiger partial charge in [0.15, 0.2) is 11.5 Å². The van der Waals surface area contributed by atoms with Gasteiger partial charge >= 0.3 is 5.97 Å². The molecule has 0 bridgehead atoms. The van der Waals surface area contributed by atoms with E-state index in [9.17, 15) is 9.90 Å². The van der Waals surface area contributed by atoms with Crippen molar-refractivity contribution in [1.29, 1.82) is 0 Å². The van der Waals surface area contributed by atoms with Gasteiger partial charge in [-0.1, -0.05) is 26.2 Å². The molecule has 3 rings (SSSR count). The second-order valence-electron chi connectivity index (χ2n) is 5.50. The highest BCUT2D eigenvalue weighted by Gasteiger charge is 2.18. The van der Waals surface area contributed by atoms with Gasteiger partial charge in [-0.05, 0) is 25.0 Å². The monoisotopic (exact) mass is 301 g/mol. The van der Waals surface area contributed by atoms with E-state index in [4.69, 9.17) is 9.47 Å². The van der Waals surface area contributed by atoms with Gasteiger partial charge in [0.2, 0.25) is 6.79 Å². The number of hydrogen-bond donors (Lipinski definition) is 1. The third kappa shape index (κ3) is 2.84. The Kier molecular flexibility index (Phi) is 4.13. The number of unbranched alkanes of at least 4 members (excludes halogenated alkanes) is 3. The number of ether oxygens (including phenoxy) is 2. The van der Waals surface area contributed by atoms with Crippen molar-refractivity contribution in [3.05, 3.63) is 29.5 Å². The zero-order valence-electron chi connectivity index (χ0n) is 12.6. The van der Waals surface area contributed by atoms with Crippen molar-refractivity contribution in [2.75, 3.05) is 6.79 Å². The van der Waals surface area contributed by atoms with E-state index in [1.807, 2.05) is 6.07 Å². The van der Waals surface area contributed by atoms with Crippen LogP contribution in [-0.2, 0) is 6.42 Å². The molecule has 1 N–H and O–H groups in total. The third-order valence-corrected chi connectivity index (χ3v) is 3.89. The lowest BCUT2D eigenvalue weighted by molar-refractivity contribution is 0.0695. The number of nitrogens with zero attached hydrogens (tertiary/aromatic N) is 1. The average Bonchev–Trinajstić information content (AvgIpc) is 2.95. The highest BCUT2D eigenvalue weighted by molar-refractivity contribution is 5.95. The van der Waals surface area contributed by atoms with Crippen LogP contribution < -0.4 is 9.47 Å². The van der Waals surface area contributed by atoms with Crippen LogP contribution in [0.25, 0.3) is 10.9 Å². The number of fused-ring (bicyclic) bond motifs is 2. The normalized spacial score (nSPS) is 12.8. The van der Waals surface area contributed by atoms with Crippen molar-refractivity contribution in [3.63, 3.8) is 0 Å². The minimum Gasteiger partial charge on any atom is -0.478 e. The van der Waals surface area contributed by atoms with Gasteiger partial charge in [0, 0.05) is 11.5 Å². The van der Waals surface area contributed by atoms with Crippen molar-refractivity contribution < 1.29 is 19.4 Å². The zero-order valence-corrected chi connectivity index (χ0v) is 12.6. The fourth-order valence-corrected chi connectivity index (χ4v) is 2.70. The van der Waals surface area contributed by atoms with E-state index in [0.29, 0.717) is 23.6 Å². The van der Waals surface area contributed by atoms with Gasteiger partial charge in [-0.15, -0.1) is 0 Å². The van der Waals surface area contributed by atoms with Crippen LogP contribution in [0.3, 0.4) is 0 Å². The molecule has 2 heterocycles. The summed E-state index contributed by atoms with van der Waals surface area (Å²) in [7, 11) is 0. The van der Waals surface area contributed by atoms with Crippen molar-refractivity contribution in [2.24, 2.45) is 0 Å². The van der Waals surface area contributed by atoms with Crippen LogP contribution in [0.4, 0.5) is 0 Å². The summed E-state index contributed by atoms with van der Waals surface area (Å²) < 4.78 is 10.7. The Bertz CT molecular complexity index is 711. The van der Waals surface area contributed by atoms with Gasteiger partial charge < -0.3 is 14.6 Å². The largest absolute Gasteiger partial charge is 0.478 e. The van der Waals surface area contributed by atoms with Crippen molar-refractivity contribution in [2.45, 2.75) is 39.0 Å². The molecule has 22 heavy (non-hydrogen) atoms. The first-order valence-electron chi connectivity index (χ1n) is 7.65. The Morgan fingerprint density at radius 2 is 1.95 bits per heavy atom. The molecule has 0 saturated heterocycles. The summed E-state index contributed by atoms with van der Waals surface area (Å²) in [6.07, 6.45) is 5.05. The number of aromatic nitrogens is 1. The minimum atomic E-state index is -0.933. The standard InChI is InChI=1S/C17H19NO4/c1-2-3-4-5-6-13-12(17(19)20)7-11-8-15-16(22-10-21-15)9-14(11)18-13/h7-9H,2-6,10H2,1H3,(H,19,20). The summed E-state index contributed by atoms with van der Waals surface area (Å²) in [5.74, 6) is 0.374. The van der Waals surface area contributed by atoms with E-state index in [0.717, 1.165) is 36.6 Å². The van der Waals surface area contributed by atoms with E-state index in [-0.39, 0.29) is 12.4 Å². The summed E-state index contributed by atoms with van der Waals surface area (Å²) in [5.41, 5.74) is 1.68. The first-order chi connectivity index (χ1) is 10.7. The summed E-state index contributed by atoms with van der Waals surface area (Å²) >= 11 is 0. The lowest BCUT2D eigenvalue weighted by Crippen LogP contribution is -2.05. The molecule has 116 valence electrons. The highest BCUT2D eigenvalue weighted by Crippen LogP contribution is 2.36. The number of pyridine rings is 1. The lowest BCUT2D eigenvalue weighted by atomic mass is 10.0. The molecule has 0 unspecified atom stereocenters. The number of rotatable bonds is 6. The van der Waals surface area contributed by atoms with Crippen LogP contribution >= 0.6 is 0 Å². The fourth-order valence-electron chi connectivity index (χ4n) is 2.70. The van der Waals surface area contributed by atoms with Crippen molar-refractivity contribution >= 4 is 16.9 Å². The van der Waals surface area contributed by atoms with Gasteiger partial charge in [-0.25, -0.2) is 4.79 Å². The van der Waals surface area contributed by atoms with Crippen molar-refractivity contribution in [3.8, 4) is 11.5 Å². The molecule has 0 saturated carbocycles. The lowest BCUT2D eigenvalue weighted by Gasteiger charge is -2.08.